The molecule has 0 saturated heterocycles. The predicted molar refractivity (Wildman–Crippen MR) is 48.6 cm³/mol. The Hall–Kier alpha value is -0.730. The lowest BCUT2D eigenvalue weighted by Gasteiger charge is -2.07. The van der Waals surface area contributed by atoms with Crippen LogP contribution >= 0.6 is 11.6 Å². The van der Waals surface area contributed by atoms with E-state index in [1.807, 2.05) is 24.3 Å². The smallest absolute Gasteiger partial charge is 0.156 e. The summed E-state index contributed by atoms with van der Waals surface area (Å²) in [5.41, 5.74) is 0.552. The van der Waals surface area contributed by atoms with E-state index in [0.717, 1.165) is 11.3 Å². The van der Waals surface area contributed by atoms with Gasteiger partial charge in [-0.05, 0) is 17.7 Å². The average Bonchev–Trinajstić information content (AvgIpc) is 2.17. The molecule has 2 nitrogen and oxygen atoms in total. The first-order valence-corrected chi connectivity index (χ1v) is 4.02. The second-order valence-electron chi connectivity index (χ2n) is 2.32. The molecule has 0 aromatic heterocycles. The van der Waals surface area contributed by atoms with E-state index in [9.17, 15) is 0 Å². The van der Waals surface area contributed by atoms with E-state index in [4.69, 9.17) is 21.1 Å². The molecule has 1 atom stereocenters. The Morgan fingerprint density at radius 3 is 2.17 bits per heavy atom. The third-order valence-corrected chi connectivity index (χ3v) is 2.01. The van der Waals surface area contributed by atoms with Crippen LogP contribution in [0.15, 0.2) is 24.3 Å². The third kappa shape index (κ3) is 2.13. The maximum absolute atomic E-state index is 5.82. The first-order chi connectivity index (χ1) is 5.77. The summed E-state index contributed by atoms with van der Waals surface area (Å²) in [6.07, 6.45) is 0. The molecule has 1 aromatic rings. The number of methoxy groups -OCH3 is 2. The summed E-state index contributed by atoms with van der Waals surface area (Å²) < 4.78 is 9.93. The van der Waals surface area contributed by atoms with Crippen molar-refractivity contribution in [1.29, 1.82) is 0 Å². The van der Waals surface area contributed by atoms with Crippen molar-refractivity contribution in [3.05, 3.63) is 29.8 Å². The van der Waals surface area contributed by atoms with E-state index in [0.29, 0.717) is 0 Å². The van der Waals surface area contributed by atoms with Crippen LogP contribution in [-0.2, 0) is 4.74 Å². The zero-order chi connectivity index (χ0) is 8.97. The van der Waals surface area contributed by atoms with E-state index in [-0.39, 0.29) is 5.56 Å². The molecule has 0 aliphatic heterocycles. The first-order valence-electron chi connectivity index (χ1n) is 3.58. The van der Waals surface area contributed by atoms with Crippen LogP contribution in [0.1, 0.15) is 11.1 Å². The number of hydrogen-bond donors (Lipinski definition) is 0. The second-order valence-corrected chi connectivity index (χ2v) is 2.72. The number of hydrogen-bond acceptors (Lipinski definition) is 2. The van der Waals surface area contributed by atoms with Gasteiger partial charge >= 0.3 is 0 Å². The van der Waals surface area contributed by atoms with Crippen LogP contribution in [0.4, 0.5) is 0 Å². The van der Waals surface area contributed by atoms with Crippen LogP contribution in [0.25, 0.3) is 0 Å². The van der Waals surface area contributed by atoms with Gasteiger partial charge in [0.1, 0.15) is 5.75 Å². The van der Waals surface area contributed by atoms with Crippen molar-refractivity contribution in [2.24, 2.45) is 0 Å². The fourth-order valence-electron chi connectivity index (χ4n) is 0.891. The van der Waals surface area contributed by atoms with Crippen LogP contribution in [0.5, 0.6) is 5.75 Å². The van der Waals surface area contributed by atoms with Crippen LogP contribution in [0, 0.1) is 0 Å². The molecular weight excluding hydrogens is 176 g/mol. The molecule has 1 unspecified atom stereocenters. The molecule has 66 valence electrons. The molecule has 0 fully saturated rings. The third-order valence-electron chi connectivity index (χ3n) is 1.58. The van der Waals surface area contributed by atoms with Gasteiger partial charge < -0.3 is 9.47 Å². The van der Waals surface area contributed by atoms with Crippen molar-refractivity contribution in [3.8, 4) is 5.75 Å². The number of ether oxygens (including phenoxy) is 2. The molecule has 0 amide bonds. The summed E-state index contributed by atoms with van der Waals surface area (Å²) in [5.74, 6) is 0.818. The largest absolute Gasteiger partial charge is 0.497 e. The number of alkyl halides is 1. The van der Waals surface area contributed by atoms with Gasteiger partial charge in [0.2, 0.25) is 0 Å². The molecule has 0 N–H and O–H groups in total. The monoisotopic (exact) mass is 186 g/mol. The van der Waals surface area contributed by atoms with Crippen molar-refractivity contribution in [1.82, 2.24) is 0 Å². The minimum atomic E-state index is -0.379. The fourth-order valence-corrected chi connectivity index (χ4v) is 1.04. The van der Waals surface area contributed by atoms with Gasteiger partial charge in [0.15, 0.2) is 5.56 Å². The minimum Gasteiger partial charge on any atom is -0.497 e. The van der Waals surface area contributed by atoms with Gasteiger partial charge in [-0.2, -0.15) is 0 Å². The van der Waals surface area contributed by atoms with Crippen molar-refractivity contribution in [2.75, 3.05) is 14.2 Å². The van der Waals surface area contributed by atoms with Gasteiger partial charge in [0.25, 0.3) is 0 Å². The Morgan fingerprint density at radius 2 is 1.75 bits per heavy atom. The van der Waals surface area contributed by atoms with Gasteiger partial charge in [-0.15, -0.1) is 0 Å². The van der Waals surface area contributed by atoms with Crippen LogP contribution in [0.3, 0.4) is 0 Å². The molecule has 0 saturated carbocycles. The molecule has 12 heavy (non-hydrogen) atoms. The number of rotatable bonds is 3. The van der Waals surface area contributed by atoms with Crippen molar-refractivity contribution < 1.29 is 9.47 Å². The number of halogens is 1. The highest BCUT2D eigenvalue weighted by Crippen LogP contribution is 2.22. The summed E-state index contributed by atoms with van der Waals surface area (Å²) in [7, 11) is 3.20. The van der Waals surface area contributed by atoms with Crippen molar-refractivity contribution in [2.45, 2.75) is 5.56 Å². The van der Waals surface area contributed by atoms with Gasteiger partial charge in [0.05, 0.1) is 7.11 Å². The summed E-state index contributed by atoms with van der Waals surface area (Å²) in [6.45, 7) is 0. The van der Waals surface area contributed by atoms with Gasteiger partial charge in [-0.3, -0.25) is 0 Å². The van der Waals surface area contributed by atoms with E-state index in [1.165, 1.54) is 0 Å². The van der Waals surface area contributed by atoms with E-state index >= 15 is 0 Å². The SMILES string of the molecule is COc1ccc(C(Cl)OC)cc1. The van der Waals surface area contributed by atoms with E-state index < -0.39 is 0 Å². The summed E-state index contributed by atoms with van der Waals surface area (Å²) in [5, 5.41) is 0. The second kappa shape index (κ2) is 4.33. The van der Waals surface area contributed by atoms with Gasteiger partial charge in [0, 0.05) is 7.11 Å². The first kappa shape index (κ1) is 9.36. The molecule has 3 heteroatoms. The summed E-state index contributed by atoms with van der Waals surface area (Å²) in [6, 6.07) is 7.45. The zero-order valence-electron chi connectivity index (χ0n) is 7.08. The molecule has 0 radical (unpaired) electrons. The highest BCUT2D eigenvalue weighted by atomic mass is 35.5. The Labute approximate surface area is 77.1 Å². The van der Waals surface area contributed by atoms with Crippen molar-refractivity contribution in [3.63, 3.8) is 0 Å². The molecule has 1 rings (SSSR count). The standard InChI is InChI=1S/C9H11ClO2/c1-11-8-5-3-7(4-6-8)9(10)12-2/h3-6,9H,1-2H3. The van der Waals surface area contributed by atoms with Crippen LogP contribution < -0.4 is 4.74 Å². The van der Waals surface area contributed by atoms with Crippen LogP contribution in [0.2, 0.25) is 0 Å². The lowest BCUT2D eigenvalue weighted by Crippen LogP contribution is -1.92. The zero-order valence-corrected chi connectivity index (χ0v) is 7.84. The molecular formula is C9H11ClO2. The maximum atomic E-state index is 5.82. The highest BCUT2D eigenvalue weighted by Gasteiger charge is 2.04. The molecule has 0 heterocycles. The Balaban J connectivity index is 2.77. The average molecular weight is 187 g/mol. The van der Waals surface area contributed by atoms with E-state index in [1.54, 1.807) is 14.2 Å². The molecule has 1 aromatic carbocycles. The Bertz CT molecular complexity index is 233. The maximum Gasteiger partial charge on any atom is 0.156 e. The number of benzene rings is 1. The summed E-state index contributed by atoms with van der Waals surface area (Å²) >= 11 is 5.82. The van der Waals surface area contributed by atoms with Crippen LogP contribution in [-0.4, -0.2) is 14.2 Å². The van der Waals surface area contributed by atoms with Gasteiger partial charge in [-0.1, -0.05) is 23.7 Å². The molecule has 0 bridgehead atoms. The quantitative estimate of drug-likeness (QED) is 0.676. The van der Waals surface area contributed by atoms with E-state index in [2.05, 4.69) is 0 Å². The van der Waals surface area contributed by atoms with Gasteiger partial charge in [-0.25, -0.2) is 0 Å². The predicted octanol–water partition coefficient (Wildman–Crippen LogP) is 2.58. The topological polar surface area (TPSA) is 18.5 Å². The fraction of sp³-hybridized carbons (Fsp3) is 0.333. The van der Waals surface area contributed by atoms with Crippen molar-refractivity contribution >= 4 is 11.6 Å². The Kier molecular flexibility index (Phi) is 3.38. The summed E-state index contributed by atoms with van der Waals surface area (Å²) in [4.78, 5) is 0. The lowest BCUT2D eigenvalue weighted by molar-refractivity contribution is 0.170. The highest BCUT2D eigenvalue weighted by molar-refractivity contribution is 6.19. The molecule has 0 aliphatic rings. The molecule has 0 spiro atoms. The minimum absolute atomic E-state index is 0.379. The lowest BCUT2D eigenvalue weighted by atomic mass is 10.2. The normalized spacial score (nSPS) is 12.6. The Morgan fingerprint density at radius 1 is 1.17 bits per heavy atom. The molecule has 0 aliphatic carbocycles.